The molecule has 3 nitrogen and oxygen atoms in total. The zero-order chi connectivity index (χ0) is 20.3. The molecule has 0 bridgehead atoms. The van der Waals surface area contributed by atoms with Gasteiger partial charge in [-0.05, 0) is 49.4 Å². The molecular weight excluding hydrogens is 391 g/mol. The number of nitrogens with zero attached hydrogens (tertiary/aromatic N) is 1. The second-order valence-corrected chi connectivity index (χ2v) is 7.76. The molecule has 3 atom stereocenters. The lowest BCUT2D eigenvalue weighted by molar-refractivity contribution is -0.142. The predicted molar refractivity (Wildman–Crippen MR) is 103 cm³/mol. The number of benzene rings is 1. The number of esters is 1. The molecule has 0 radical (unpaired) electrons. The molecule has 0 spiro atoms. The van der Waals surface area contributed by atoms with Crippen molar-refractivity contribution in [2.45, 2.75) is 37.9 Å². The van der Waals surface area contributed by atoms with Crippen molar-refractivity contribution in [3.63, 3.8) is 0 Å². The summed E-state index contributed by atoms with van der Waals surface area (Å²) in [6.45, 7) is 0.730. The summed E-state index contributed by atoms with van der Waals surface area (Å²) in [6.07, 6.45) is 2.00. The van der Waals surface area contributed by atoms with Crippen molar-refractivity contribution in [1.82, 2.24) is 0 Å². The Labute approximate surface area is 167 Å². The first-order valence-corrected chi connectivity index (χ1v) is 9.70. The highest BCUT2D eigenvalue weighted by Gasteiger charge is 2.37. The molecular formula is C21H23ClF3NO2. The molecule has 1 heterocycles. The lowest BCUT2D eigenvalue weighted by Gasteiger charge is -2.44. The van der Waals surface area contributed by atoms with Gasteiger partial charge in [-0.1, -0.05) is 29.8 Å². The van der Waals surface area contributed by atoms with Gasteiger partial charge < -0.3 is 9.64 Å². The summed E-state index contributed by atoms with van der Waals surface area (Å²) < 4.78 is 43.6. The van der Waals surface area contributed by atoms with Gasteiger partial charge in [0.1, 0.15) is 0 Å². The second-order valence-electron chi connectivity index (χ2n) is 7.32. The number of carbonyl (C=O) groups excluding carboxylic acids is 1. The Morgan fingerprint density at radius 2 is 2.00 bits per heavy atom. The van der Waals surface area contributed by atoms with Crippen LogP contribution in [-0.4, -0.2) is 31.8 Å². The van der Waals surface area contributed by atoms with E-state index < -0.39 is 11.7 Å². The molecule has 152 valence electrons. The molecule has 1 fully saturated rings. The summed E-state index contributed by atoms with van der Waals surface area (Å²) >= 11 is 6.00. The van der Waals surface area contributed by atoms with Crippen molar-refractivity contribution < 1.29 is 22.7 Å². The Kier molecular flexibility index (Phi) is 6.38. The van der Waals surface area contributed by atoms with Crippen molar-refractivity contribution in [2.75, 3.05) is 18.6 Å². The monoisotopic (exact) mass is 413 g/mol. The first-order valence-electron chi connectivity index (χ1n) is 9.32. The van der Waals surface area contributed by atoms with Crippen LogP contribution in [-0.2, 0) is 9.53 Å². The normalized spacial score (nSPS) is 25.4. The van der Waals surface area contributed by atoms with Crippen molar-refractivity contribution in [1.29, 1.82) is 0 Å². The van der Waals surface area contributed by atoms with Crippen LogP contribution in [0, 0.1) is 11.8 Å². The Morgan fingerprint density at radius 1 is 1.29 bits per heavy atom. The maximum absolute atomic E-state index is 12.9. The highest BCUT2D eigenvalue weighted by atomic mass is 35.5. The molecule has 0 amide bonds. The first-order chi connectivity index (χ1) is 13.3. The number of halogens is 4. The molecule has 3 rings (SSSR count). The minimum atomic E-state index is -4.32. The number of hydrogen-bond donors (Lipinski definition) is 0. The summed E-state index contributed by atoms with van der Waals surface area (Å²) in [4.78, 5) is 13.9. The molecule has 0 N–H and O–H groups in total. The number of rotatable bonds is 4. The SMILES string of the molecule is COC(=O)C[C@H]1CCN(c2ccc(Cl)cc2)[C@@H](C2C=CC(C(F)(F)F)=CC2)C1. The van der Waals surface area contributed by atoms with E-state index in [4.69, 9.17) is 16.3 Å². The summed E-state index contributed by atoms with van der Waals surface area (Å²) in [6, 6.07) is 7.49. The number of hydrogen-bond acceptors (Lipinski definition) is 3. The topological polar surface area (TPSA) is 29.5 Å². The van der Waals surface area contributed by atoms with Gasteiger partial charge in [0.25, 0.3) is 0 Å². The lowest BCUT2D eigenvalue weighted by atomic mass is 9.79. The van der Waals surface area contributed by atoms with Gasteiger partial charge in [0.05, 0.1) is 12.7 Å². The van der Waals surface area contributed by atoms with Crippen molar-refractivity contribution >= 4 is 23.3 Å². The minimum Gasteiger partial charge on any atom is -0.469 e. The summed E-state index contributed by atoms with van der Waals surface area (Å²) in [5.74, 6) is -0.147. The largest absolute Gasteiger partial charge is 0.469 e. The van der Waals surface area contributed by atoms with E-state index in [-0.39, 0.29) is 23.8 Å². The van der Waals surface area contributed by atoms with E-state index in [0.29, 0.717) is 17.9 Å². The average molecular weight is 414 g/mol. The Morgan fingerprint density at radius 3 is 2.57 bits per heavy atom. The smallest absolute Gasteiger partial charge is 0.416 e. The van der Waals surface area contributed by atoms with E-state index in [1.807, 2.05) is 24.3 Å². The summed E-state index contributed by atoms with van der Waals surface area (Å²) in [5.41, 5.74) is 0.397. The number of carbonyl (C=O) groups is 1. The lowest BCUT2D eigenvalue weighted by Crippen LogP contribution is -2.47. The van der Waals surface area contributed by atoms with Crippen LogP contribution in [0.25, 0.3) is 0 Å². The third-order valence-corrected chi connectivity index (χ3v) is 5.80. The molecule has 1 unspecified atom stereocenters. The van der Waals surface area contributed by atoms with Crippen LogP contribution in [0.3, 0.4) is 0 Å². The van der Waals surface area contributed by atoms with Gasteiger partial charge in [-0.25, -0.2) is 0 Å². The molecule has 1 aliphatic heterocycles. The highest BCUT2D eigenvalue weighted by Crippen LogP contribution is 2.38. The van der Waals surface area contributed by atoms with Gasteiger partial charge in [0.2, 0.25) is 0 Å². The third-order valence-electron chi connectivity index (χ3n) is 5.55. The fourth-order valence-electron chi connectivity index (χ4n) is 4.07. The van der Waals surface area contributed by atoms with Gasteiger partial charge in [0, 0.05) is 35.6 Å². The predicted octanol–water partition coefficient (Wildman–Crippen LogP) is 5.55. The molecule has 2 aliphatic rings. The minimum absolute atomic E-state index is 0.00636. The average Bonchev–Trinajstić information content (AvgIpc) is 2.68. The van der Waals surface area contributed by atoms with E-state index in [9.17, 15) is 18.0 Å². The number of ether oxygens (including phenoxy) is 1. The quantitative estimate of drug-likeness (QED) is 0.606. The number of anilines is 1. The van der Waals surface area contributed by atoms with E-state index >= 15 is 0 Å². The Bertz CT molecular complexity index is 758. The molecule has 7 heteroatoms. The number of methoxy groups -OCH3 is 1. The third kappa shape index (κ3) is 4.90. The van der Waals surface area contributed by atoms with Gasteiger partial charge in [-0.3, -0.25) is 4.79 Å². The zero-order valence-electron chi connectivity index (χ0n) is 15.6. The van der Waals surface area contributed by atoms with Crippen LogP contribution in [0.15, 0.2) is 48.1 Å². The highest BCUT2D eigenvalue weighted by molar-refractivity contribution is 6.30. The molecule has 1 saturated heterocycles. The van der Waals surface area contributed by atoms with E-state index in [1.54, 1.807) is 6.08 Å². The van der Waals surface area contributed by atoms with Crippen LogP contribution in [0.4, 0.5) is 18.9 Å². The van der Waals surface area contributed by atoms with Crippen LogP contribution in [0.2, 0.25) is 5.02 Å². The summed E-state index contributed by atoms with van der Waals surface area (Å²) in [5, 5.41) is 0.635. The van der Waals surface area contributed by atoms with Crippen LogP contribution in [0.1, 0.15) is 25.7 Å². The summed E-state index contributed by atoms with van der Waals surface area (Å²) in [7, 11) is 1.37. The Hall–Kier alpha value is -1.95. The molecule has 0 saturated carbocycles. The van der Waals surface area contributed by atoms with Crippen molar-refractivity contribution in [3.8, 4) is 0 Å². The Balaban J connectivity index is 1.80. The number of piperidine rings is 1. The van der Waals surface area contributed by atoms with E-state index in [1.165, 1.54) is 19.3 Å². The van der Waals surface area contributed by atoms with E-state index in [0.717, 1.165) is 25.1 Å². The standard InChI is InChI=1S/C21H23ClF3NO2/c1-28-20(27)13-14-10-11-26(18-8-6-17(22)7-9-18)19(12-14)15-2-4-16(5-3-15)21(23,24)25/h2,4-9,14-15,19H,3,10-13H2,1H3/t14-,15?,19+/m0/s1. The fraction of sp³-hybridized carbons (Fsp3) is 0.476. The maximum Gasteiger partial charge on any atom is 0.416 e. The molecule has 1 aromatic carbocycles. The van der Waals surface area contributed by atoms with Crippen LogP contribution in [0.5, 0.6) is 0 Å². The molecule has 1 aromatic rings. The number of allylic oxidation sites excluding steroid dienone is 3. The second kappa shape index (κ2) is 8.60. The first kappa shape index (κ1) is 20.8. The van der Waals surface area contributed by atoms with Gasteiger partial charge >= 0.3 is 12.1 Å². The molecule has 0 aromatic heterocycles. The maximum atomic E-state index is 12.9. The van der Waals surface area contributed by atoms with Crippen molar-refractivity contribution in [2.24, 2.45) is 11.8 Å². The van der Waals surface area contributed by atoms with Crippen molar-refractivity contribution in [3.05, 3.63) is 53.1 Å². The van der Waals surface area contributed by atoms with Crippen LogP contribution >= 0.6 is 11.6 Å². The molecule has 1 aliphatic carbocycles. The number of alkyl halides is 3. The fourth-order valence-corrected chi connectivity index (χ4v) is 4.20. The molecule has 28 heavy (non-hydrogen) atoms. The van der Waals surface area contributed by atoms with Gasteiger partial charge in [0.15, 0.2) is 0 Å². The van der Waals surface area contributed by atoms with Gasteiger partial charge in [-0.2, -0.15) is 13.2 Å². The van der Waals surface area contributed by atoms with Gasteiger partial charge in [-0.15, -0.1) is 0 Å². The zero-order valence-corrected chi connectivity index (χ0v) is 16.3. The van der Waals surface area contributed by atoms with E-state index in [2.05, 4.69) is 4.90 Å². The van der Waals surface area contributed by atoms with Crippen LogP contribution < -0.4 is 4.90 Å².